The van der Waals surface area contributed by atoms with Crippen LogP contribution in [-0.4, -0.2) is 23.7 Å². The number of carbonyl (C=O) groups excluding carboxylic acids is 1. The number of benzene rings is 1. The van der Waals surface area contributed by atoms with Crippen LogP contribution in [0.4, 0.5) is 5.69 Å². The number of ether oxygens (including phenoxy) is 1. The Balaban J connectivity index is 2.11. The number of nitrogens with two attached hydrogens (primary N) is 1. The molecule has 0 radical (unpaired) electrons. The lowest BCUT2D eigenvalue weighted by atomic mass is 9.96. The average Bonchev–Trinajstić information content (AvgIpc) is 3.15. The quantitative estimate of drug-likeness (QED) is 0.706. The van der Waals surface area contributed by atoms with Crippen molar-refractivity contribution in [2.24, 2.45) is 11.7 Å². The van der Waals surface area contributed by atoms with Gasteiger partial charge in [-0.25, -0.2) is 0 Å². The molecule has 18 heavy (non-hydrogen) atoms. The van der Waals surface area contributed by atoms with Crippen LogP contribution in [0.3, 0.4) is 0 Å². The average molecular weight is 250 g/mol. The van der Waals surface area contributed by atoms with Gasteiger partial charge in [-0.1, -0.05) is 0 Å². The van der Waals surface area contributed by atoms with Crippen LogP contribution in [0.2, 0.25) is 0 Å². The summed E-state index contributed by atoms with van der Waals surface area (Å²) in [6.45, 7) is 1.72. The highest BCUT2D eigenvalue weighted by molar-refractivity contribution is 5.99. The van der Waals surface area contributed by atoms with E-state index >= 15 is 0 Å². The molecule has 1 aliphatic rings. The minimum absolute atomic E-state index is 0.0331. The van der Waals surface area contributed by atoms with E-state index in [0.717, 1.165) is 12.8 Å². The van der Waals surface area contributed by atoms with Crippen molar-refractivity contribution in [2.75, 3.05) is 12.4 Å². The molecule has 1 atom stereocenters. The smallest absolute Gasteiger partial charge is 0.244 e. The fourth-order valence-electron chi connectivity index (χ4n) is 1.87. The molecule has 1 aromatic rings. The molecule has 5 nitrogen and oxygen atoms in total. The number of nitrogens with one attached hydrogen (secondary N) is 1. The van der Waals surface area contributed by atoms with E-state index in [0.29, 0.717) is 11.4 Å². The number of carbonyl (C=O) groups is 1. The number of phenolic OH excluding ortho intramolecular Hbond substituents is 1. The van der Waals surface area contributed by atoms with Crippen LogP contribution in [0.5, 0.6) is 11.5 Å². The van der Waals surface area contributed by atoms with E-state index in [1.165, 1.54) is 13.2 Å². The lowest BCUT2D eigenvalue weighted by Gasteiger charge is -2.23. The molecule has 1 unspecified atom stereocenters. The fraction of sp³-hybridized carbons (Fsp3) is 0.462. The van der Waals surface area contributed by atoms with Gasteiger partial charge in [-0.2, -0.15) is 0 Å². The van der Waals surface area contributed by atoms with E-state index in [-0.39, 0.29) is 17.6 Å². The zero-order chi connectivity index (χ0) is 13.3. The van der Waals surface area contributed by atoms with Crippen molar-refractivity contribution < 1.29 is 14.6 Å². The zero-order valence-electron chi connectivity index (χ0n) is 10.6. The minimum atomic E-state index is -0.883. The summed E-state index contributed by atoms with van der Waals surface area (Å²) in [5.74, 6) is 0.459. The van der Waals surface area contributed by atoms with Gasteiger partial charge in [-0.05, 0) is 37.8 Å². The lowest BCUT2D eigenvalue weighted by molar-refractivity contribution is -0.121. The van der Waals surface area contributed by atoms with Crippen molar-refractivity contribution in [1.82, 2.24) is 0 Å². The van der Waals surface area contributed by atoms with E-state index < -0.39 is 5.54 Å². The number of phenols is 1. The van der Waals surface area contributed by atoms with Crippen molar-refractivity contribution in [1.29, 1.82) is 0 Å². The zero-order valence-corrected chi connectivity index (χ0v) is 10.6. The van der Waals surface area contributed by atoms with Crippen LogP contribution < -0.4 is 15.8 Å². The second kappa shape index (κ2) is 4.49. The predicted molar refractivity (Wildman–Crippen MR) is 68.6 cm³/mol. The summed E-state index contributed by atoms with van der Waals surface area (Å²) in [5, 5.41) is 12.4. The van der Waals surface area contributed by atoms with E-state index in [4.69, 9.17) is 10.5 Å². The standard InChI is InChI=1S/C13H18N2O3/c1-13(14,8-3-4-8)12(17)15-10-6-5-9(18-2)7-11(10)16/h5-8,16H,3-4,14H2,1-2H3,(H,15,17). The summed E-state index contributed by atoms with van der Waals surface area (Å²) >= 11 is 0. The largest absolute Gasteiger partial charge is 0.506 e. The Hall–Kier alpha value is -1.75. The Morgan fingerprint density at radius 3 is 2.72 bits per heavy atom. The highest BCUT2D eigenvalue weighted by Gasteiger charge is 2.44. The summed E-state index contributed by atoms with van der Waals surface area (Å²) in [6, 6.07) is 4.70. The van der Waals surface area contributed by atoms with Gasteiger partial charge < -0.3 is 20.9 Å². The molecule has 1 fully saturated rings. The molecule has 1 aliphatic carbocycles. The van der Waals surface area contributed by atoms with Gasteiger partial charge in [0.1, 0.15) is 11.5 Å². The molecule has 1 amide bonds. The van der Waals surface area contributed by atoms with Gasteiger partial charge in [-0.15, -0.1) is 0 Å². The predicted octanol–water partition coefficient (Wildman–Crippen LogP) is 1.47. The van der Waals surface area contributed by atoms with Crippen LogP contribution in [0, 0.1) is 5.92 Å². The van der Waals surface area contributed by atoms with Crippen molar-refractivity contribution in [3.63, 3.8) is 0 Å². The molecule has 4 N–H and O–H groups in total. The third-order valence-corrected chi connectivity index (χ3v) is 3.37. The Morgan fingerprint density at radius 1 is 1.56 bits per heavy atom. The number of hydrogen-bond donors (Lipinski definition) is 3. The first-order valence-electron chi connectivity index (χ1n) is 5.92. The van der Waals surface area contributed by atoms with Crippen molar-refractivity contribution >= 4 is 11.6 Å². The molecular formula is C13H18N2O3. The third kappa shape index (κ3) is 2.41. The first-order valence-corrected chi connectivity index (χ1v) is 5.92. The number of methoxy groups -OCH3 is 1. The summed E-state index contributed by atoms with van der Waals surface area (Å²) in [4.78, 5) is 12.0. The van der Waals surface area contributed by atoms with Gasteiger partial charge >= 0.3 is 0 Å². The highest BCUT2D eigenvalue weighted by atomic mass is 16.5. The molecule has 0 aliphatic heterocycles. The van der Waals surface area contributed by atoms with Crippen LogP contribution in [-0.2, 0) is 4.79 Å². The molecule has 0 aromatic heterocycles. The Labute approximate surface area is 106 Å². The SMILES string of the molecule is COc1ccc(NC(=O)C(C)(N)C2CC2)c(O)c1. The summed E-state index contributed by atoms with van der Waals surface area (Å²) in [7, 11) is 1.51. The molecule has 1 saturated carbocycles. The van der Waals surface area contributed by atoms with Crippen molar-refractivity contribution in [3.8, 4) is 11.5 Å². The second-order valence-corrected chi connectivity index (χ2v) is 4.89. The van der Waals surface area contributed by atoms with Gasteiger partial charge in [0.15, 0.2) is 0 Å². The van der Waals surface area contributed by atoms with E-state index in [1.54, 1.807) is 19.1 Å². The van der Waals surface area contributed by atoms with Crippen LogP contribution in [0.25, 0.3) is 0 Å². The van der Waals surface area contributed by atoms with Gasteiger partial charge in [-0.3, -0.25) is 4.79 Å². The van der Waals surface area contributed by atoms with Gasteiger partial charge in [0.05, 0.1) is 18.3 Å². The number of rotatable bonds is 4. The van der Waals surface area contributed by atoms with Crippen molar-refractivity contribution in [3.05, 3.63) is 18.2 Å². The second-order valence-electron chi connectivity index (χ2n) is 4.89. The summed E-state index contributed by atoms with van der Waals surface area (Å²) in [6.07, 6.45) is 1.96. The van der Waals surface area contributed by atoms with Crippen molar-refractivity contribution in [2.45, 2.75) is 25.3 Å². The molecule has 5 heteroatoms. The van der Waals surface area contributed by atoms with E-state index in [9.17, 15) is 9.90 Å². The number of amides is 1. The normalized spacial score (nSPS) is 17.9. The maximum Gasteiger partial charge on any atom is 0.244 e. The molecule has 0 spiro atoms. The van der Waals surface area contributed by atoms with E-state index in [1.807, 2.05) is 0 Å². The molecule has 98 valence electrons. The first kappa shape index (κ1) is 12.7. The molecule has 0 heterocycles. The van der Waals surface area contributed by atoms with Gasteiger partial charge in [0.25, 0.3) is 0 Å². The number of anilines is 1. The van der Waals surface area contributed by atoms with Crippen LogP contribution in [0.15, 0.2) is 18.2 Å². The molecular weight excluding hydrogens is 232 g/mol. The molecule has 2 rings (SSSR count). The first-order chi connectivity index (χ1) is 8.45. The molecule has 0 bridgehead atoms. The topological polar surface area (TPSA) is 84.6 Å². The van der Waals surface area contributed by atoms with Crippen LogP contribution >= 0.6 is 0 Å². The third-order valence-electron chi connectivity index (χ3n) is 3.37. The minimum Gasteiger partial charge on any atom is -0.506 e. The maximum atomic E-state index is 12.0. The Kier molecular flexibility index (Phi) is 3.17. The Morgan fingerprint density at radius 2 is 2.22 bits per heavy atom. The molecule has 0 saturated heterocycles. The van der Waals surface area contributed by atoms with Gasteiger partial charge in [0, 0.05) is 6.07 Å². The van der Waals surface area contributed by atoms with Crippen LogP contribution in [0.1, 0.15) is 19.8 Å². The highest BCUT2D eigenvalue weighted by Crippen LogP contribution is 2.39. The van der Waals surface area contributed by atoms with Gasteiger partial charge in [0.2, 0.25) is 5.91 Å². The van der Waals surface area contributed by atoms with E-state index in [2.05, 4.69) is 5.32 Å². The summed E-state index contributed by atoms with van der Waals surface area (Å²) < 4.78 is 4.97. The number of hydrogen-bond acceptors (Lipinski definition) is 4. The maximum absolute atomic E-state index is 12.0. The number of aromatic hydroxyl groups is 1. The monoisotopic (exact) mass is 250 g/mol. The summed E-state index contributed by atoms with van der Waals surface area (Å²) in [5.41, 5.74) is 5.46. The fourth-order valence-corrected chi connectivity index (χ4v) is 1.87. The Bertz CT molecular complexity index is 467. The lowest BCUT2D eigenvalue weighted by Crippen LogP contribution is -2.50. The molecule has 1 aromatic carbocycles.